The van der Waals surface area contributed by atoms with Crippen LogP contribution in [-0.2, 0) is 28.6 Å². The highest BCUT2D eigenvalue weighted by atomic mass is 16.6. The van der Waals surface area contributed by atoms with Crippen molar-refractivity contribution in [2.24, 2.45) is 5.92 Å². The number of carbonyl (C=O) groups is 3. The van der Waals surface area contributed by atoms with E-state index in [2.05, 4.69) is 27.7 Å². The molecule has 0 N–H and O–H groups in total. The van der Waals surface area contributed by atoms with Gasteiger partial charge in [0.15, 0.2) is 6.10 Å². The van der Waals surface area contributed by atoms with Crippen molar-refractivity contribution >= 4 is 17.9 Å². The number of hydrogen-bond donors (Lipinski definition) is 0. The number of hydrogen-bond acceptors (Lipinski definition) is 6. The average molecular weight is 906 g/mol. The maximum atomic E-state index is 12.8. The Morgan fingerprint density at radius 3 is 0.766 bits per heavy atom. The van der Waals surface area contributed by atoms with Crippen LogP contribution in [0.5, 0.6) is 0 Å². The molecule has 0 aromatic carbocycles. The Labute approximate surface area is 399 Å². The highest BCUT2D eigenvalue weighted by molar-refractivity contribution is 5.71. The standard InChI is InChI=1S/C58H112O6/c1-5-7-9-11-13-15-17-18-23-27-30-34-38-42-46-50-57(60)63-53-55(52-62-56(59)49-45-41-37-33-16-14-12-10-8-6-2)64-58(61)51-47-43-39-35-31-28-25-22-20-19-21-24-26-29-32-36-40-44-48-54(3)4/h54-55H,5-53H2,1-4H3/t55-/m0/s1. The lowest BCUT2D eigenvalue weighted by molar-refractivity contribution is -0.167. The molecule has 0 bridgehead atoms. The fourth-order valence-electron chi connectivity index (χ4n) is 8.92. The summed E-state index contributed by atoms with van der Waals surface area (Å²) in [6.45, 7) is 9.06. The third-order valence-electron chi connectivity index (χ3n) is 13.3. The fraction of sp³-hybridized carbons (Fsp3) is 0.948. The van der Waals surface area contributed by atoms with Crippen molar-refractivity contribution in [1.82, 2.24) is 0 Å². The van der Waals surface area contributed by atoms with Crippen LogP contribution in [0.2, 0.25) is 0 Å². The Balaban J connectivity index is 4.21. The van der Waals surface area contributed by atoms with Gasteiger partial charge in [-0.1, -0.05) is 291 Å². The van der Waals surface area contributed by atoms with E-state index in [0.29, 0.717) is 19.3 Å². The Morgan fingerprint density at radius 2 is 0.516 bits per heavy atom. The fourth-order valence-corrected chi connectivity index (χ4v) is 8.92. The molecule has 0 amide bonds. The number of carbonyl (C=O) groups excluding carboxylic acids is 3. The number of esters is 3. The minimum absolute atomic E-state index is 0.0619. The predicted octanol–water partition coefficient (Wildman–Crippen LogP) is 19.0. The van der Waals surface area contributed by atoms with Crippen molar-refractivity contribution in [3.05, 3.63) is 0 Å². The highest BCUT2D eigenvalue weighted by Crippen LogP contribution is 2.18. The zero-order valence-electron chi connectivity index (χ0n) is 43.8. The van der Waals surface area contributed by atoms with E-state index in [1.54, 1.807) is 0 Å². The summed E-state index contributed by atoms with van der Waals surface area (Å²) in [4.78, 5) is 38.0. The van der Waals surface area contributed by atoms with Crippen LogP contribution in [-0.4, -0.2) is 37.2 Å². The molecule has 0 fully saturated rings. The second kappa shape index (κ2) is 52.4. The molecule has 0 spiro atoms. The van der Waals surface area contributed by atoms with Gasteiger partial charge < -0.3 is 14.2 Å². The lowest BCUT2D eigenvalue weighted by atomic mass is 10.0. The first-order chi connectivity index (χ1) is 31.4. The summed E-state index contributed by atoms with van der Waals surface area (Å²) in [5.74, 6) is 0.0209. The topological polar surface area (TPSA) is 78.9 Å². The first-order valence-corrected chi connectivity index (χ1v) is 28.9. The maximum Gasteiger partial charge on any atom is 0.306 e. The zero-order chi connectivity index (χ0) is 46.7. The van der Waals surface area contributed by atoms with Gasteiger partial charge in [-0.2, -0.15) is 0 Å². The van der Waals surface area contributed by atoms with Crippen molar-refractivity contribution < 1.29 is 28.6 Å². The van der Waals surface area contributed by atoms with Crippen LogP contribution in [0.25, 0.3) is 0 Å². The summed E-state index contributed by atoms with van der Waals surface area (Å²) in [5, 5.41) is 0. The SMILES string of the molecule is CCCCCCCCCCCCCCCCCC(=O)OC[C@H](COC(=O)CCCCCCCCCCCC)OC(=O)CCCCCCCCCCCCCCCCCCCCC(C)C. The van der Waals surface area contributed by atoms with Crippen LogP contribution in [0, 0.1) is 5.92 Å². The van der Waals surface area contributed by atoms with E-state index in [1.807, 2.05) is 0 Å². The molecule has 0 unspecified atom stereocenters. The van der Waals surface area contributed by atoms with Crippen LogP contribution in [0.3, 0.4) is 0 Å². The molecule has 64 heavy (non-hydrogen) atoms. The summed E-state index contributed by atoms with van der Waals surface area (Å²) in [6.07, 6.45) is 56.7. The van der Waals surface area contributed by atoms with Gasteiger partial charge in [-0.05, 0) is 25.2 Å². The lowest BCUT2D eigenvalue weighted by Gasteiger charge is -2.18. The third kappa shape index (κ3) is 51.4. The summed E-state index contributed by atoms with van der Waals surface area (Å²) >= 11 is 0. The molecule has 0 heterocycles. The Bertz CT molecular complexity index is 964. The van der Waals surface area contributed by atoms with E-state index in [4.69, 9.17) is 14.2 Å². The first kappa shape index (κ1) is 62.4. The molecule has 0 aliphatic heterocycles. The molecule has 0 aliphatic carbocycles. The quantitative estimate of drug-likeness (QED) is 0.0344. The van der Waals surface area contributed by atoms with E-state index in [1.165, 1.54) is 225 Å². The van der Waals surface area contributed by atoms with Crippen LogP contribution < -0.4 is 0 Å². The maximum absolute atomic E-state index is 12.8. The van der Waals surface area contributed by atoms with Gasteiger partial charge in [-0.25, -0.2) is 0 Å². The van der Waals surface area contributed by atoms with Gasteiger partial charge in [0.05, 0.1) is 0 Å². The number of rotatable bonds is 53. The van der Waals surface area contributed by atoms with Crippen molar-refractivity contribution in [2.75, 3.05) is 13.2 Å². The molecule has 0 rings (SSSR count). The Morgan fingerprint density at radius 1 is 0.297 bits per heavy atom. The molecule has 6 heteroatoms. The Hall–Kier alpha value is -1.59. The van der Waals surface area contributed by atoms with Crippen molar-refractivity contribution in [3.63, 3.8) is 0 Å². The van der Waals surface area contributed by atoms with Gasteiger partial charge in [-0.15, -0.1) is 0 Å². The minimum Gasteiger partial charge on any atom is -0.462 e. The van der Waals surface area contributed by atoms with Crippen LogP contribution in [0.1, 0.15) is 329 Å². The lowest BCUT2D eigenvalue weighted by Crippen LogP contribution is -2.30. The van der Waals surface area contributed by atoms with E-state index < -0.39 is 6.10 Å². The molecule has 0 saturated carbocycles. The normalized spacial score (nSPS) is 12.0. The minimum atomic E-state index is -0.761. The van der Waals surface area contributed by atoms with Crippen LogP contribution in [0.4, 0.5) is 0 Å². The van der Waals surface area contributed by atoms with Gasteiger partial charge in [0, 0.05) is 19.3 Å². The van der Waals surface area contributed by atoms with Crippen molar-refractivity contribution in [3.8, 4) is 0 Å². The van der Waals surface area contributed by atoms with Gasteiger partial charge >= 0.3 is 17.9 Å². The van der Waals surface area contributed by atoms with E-state index in [9.17, 15) is 14.4 Å². The third-order valence-corrected chi connectivity index (χ3v) is 13.3. The molecular formula is C58H112O6. The molecular weight excluding hydrogens is 793 g/mol. The predicted molar refractivity (Wildman–Crippen MR) is 275 cm³/mol. The molecule has 0 aliphatic rings. The van der Waals surface area contributed by atoms with E-state index >= 15 is 0 Å². The second-order valence-electron chi connectivity index (χ2n) is 20.4. The molecule has 6 nitrogen and oxygen atoms in total. The van der Waals surface area contributed by atoms with Gasteiger partial charge in [0.25, 0.3) is 0 Å². The van der Waals surface area contributed by atoms with Gasteiger partial charge in [0.2, 0.25) is 0 Å². The summed E-state index contributed by atoms with van der Waals surface area (Å²) < 4.78 is 16.9. The molecule has 1 atom stereocenters. The smallest absolute Gasteiger partial charge is 0.306 e. The van der Waals surface area contributed by atoms with Crippen LogP contribution in [0.15, 0.2) is 0 Å². The monoisotopic (exact) mass is 905 g/mol. The van der Waals surface area contributed by atoms with E-state index in [-0.39, 0.29) is 31.1 Å². The first-order valence-electron chi connectivity index (χ1n) is 28.9. The van der Waals surface area contributed by atoms with Crippen LogP contribution >= 0.6 is 0 Å². The summed E-state index contributed by atoms with van der Waals surface area (Å²) in [6, 6.07) is 0. The van der Waals surface area contributed by atoms with Gasteiger partial charge in [-0.3, -0.25) is 14.4 Å². The molecule has 0 aromatic heterocycles. The van der Waals surface area contributed by atoms with Gasteiger partial charge in [0.1, 0.15) is 13.2 Å². The van der Waals surface area contributed by atoms with Crippen molar-refractivity contribution in [2.45, 2.75) is 336 Å². The van der Waals surface area contributed by atoms with Crippen molar-refractivity contribution in [1.29, 1.82) is 0 Å². The number of unbranched alkanes of at least 4 members (excludes halogenated alkanes) is 40. The Kier molecular flexibility index (Phi) is 51.1. The summed E-state index contributed by atoms with van der Waals surface area (Å²) in [7, 11) is 0. The second-order valence-corrected chi connectivity index (χ2v) is 20.4. The molecule has 0 aromatic rings. The largest absolute Gasteiger partial charge is 0.462 e. The molecule has 380 valence electrons. The highest BCUT2D eigenvalue weighted by Gasteiger charge is 2.19. The average Bonchev–Trinajstić information content (AvgIpc) is 3.28. The molecule has 0 saturated heterocycles. The number of ether oxygens (including phenoxy) is 3. The summed E-state index contributed by atoms with van der Waals surface area (Å²) in [5.41, 5.74) is 0. The zero-order valence-corrected chi connectivity index (χ0v) is 43.8. The molecule has 0 radical (unpaired) electrons. The van der Waals surface area contributed by atoms with E-state index in [0.717, 1.165) is 63.7 Å².